The Labute approximate surface area is 151 Å². The van der Waals surface area contributed by atoms with E-state index in [2.05, 4.69) is 10.6 Å². The van der Waals surface area contributed by atoms with E-state index in [1.807, 2.05) is 6.92 Å². The van der Waals surface area contributed by atoms with Crippen LogP contribution in [0, 0.1) is 0 Å². The second-order valence-electron chi connectivity index (χ2n) is 5.42. The van der Waals surface area contributed by atoms with Crippen LogP contribution in [0.1, 0.15) is 33.2 Å². The number of aliphatic hydroxyl groups excluding tert-OH is 1. The number of anilines is 1. The van der Waals surface area contributed by atoms with E-state index in [-0.39, 0.29) is 18.1 Å². The number of hydrogen-bond acceptors (Lipinski definition) is 5. The van der Waals surface area contributed by atoms with Gasteiger partial charge in [0.25, 0.3) is 11.8 Å². The molecular formula is C19H20N2O5. The van der Waals surface area contributed by atoms with E-state index in [0.717, 1.165) is 0 Å². The highest BCUT2D eigenvalue weighted by Crippen LogP contribution is 2.11. The van der Waals surface area contributed by atoms with Gasteiger partial charge < -0.3 is 20.5 Å². The maximum Gasteiger partial charge on any atom is 0.338 e. The molecule has 0 unspecified atom stereocenters. The van der Waals surface area contributed by atoms with Gasteiger partial charge in [-0.25, -0.2) is 4.79 Å². The number of amides is 2. The van der Waals surface area contributed by atoms with Gasteiger partial charge in [-0.05, 0) is 42.8 Å². The van der Waals surface area contributed by atoms with Crippen LogP contribution >= 0.6 is 0 Å². The van der Waals surface area contributed by atoms with Crippen LogP contribution in [0.15, 0.2) is 48.5 Å². The zero-order valence-electron chi connectivity index (χ0n) is 14.3. The lowest BCUT2D eigenvalue weighted by Crippen LogP contribution is -2.23. The first-order valence-corrected chi connectivity index (χ1v) is 8.08. The Balaban J connectivity index is 1.89. The van der Waals surface area contributed by atoms with Crippen molar-refractivity contribution in [1.29, 1.82) is 0 Å². The van der Waals surface area contributed by atoms with Crippen LogP contribution in [0.25, 0.3) is 0 Å². The van der Waals surface area contributed by atoms with E-state index in [9.17, 15) is 14.4 Å². The lowest BCUT2D eigenvalue weighted by molar-refractivity contribution is -0.119. The fourth-order valence-corrected chi connectivity index (χ4v) is 2.16. The minimum absolute atomic E-state index is 0.118. The molecule has 0 fully saturated rings. The van der Waals surface area contributed by atoms with Gasteiger partial charge in [0, 0.05) is 17.8 Å². The maximum absolute atomic E-state index is 11.9. The SMILES string of the molecule is CCNC(=O)c1cccc(NC(=O)COC(=O)c2ccc(CO)cc2)c1. The minimum atomic E-state index is -0.638. The van der Waals surface area contributed by atoms with Crippen molar-refractivity contribution in [2.45, 2.75) is 13.5 Å². The first-order valence-electron chi connectivity index (χ1n) is 8.08. The van der Waals surface area contributed by atoms with Crippen LogP contribution in [0.2, 0.25) is 0 Å². The van der Waals surface area contributed by atoms with Gasteiger partial charge in [-0.3, -0.25) is 9.59 Å². The van der Waals surface area contributed by atoms with E-state index >= 15 is 0 Å². The number of carbonyl (C=O) groups excluding carboxylic acids is 3. The quantitative estimate of drug-likeness (QED) is 0.655. The Morgan fingerprint density at radius 2 is 1.77 bits per heavy atom. The first-order chi connectivity index (χ1) is 12.5. The Morgan fingerprint density at radius 3 is 2.42 bits per heavy atom. The minimum Gasteiger partial charge on any atom is -0.452 e. The smallest absolute Gasteiger partial charge is 0.338 e. The Hall–Kier alpha value is -3.19. The molecule has 2 aromatic carbocycles. The molecule has 0 atom stereocenters. The number of benzene rings is 2. The standard InChI is InChI=1S/C19H20N2O5/c1-2-20-18(24)15-4-3-5-16(10-15)21-17(23)12-26-19(25)14-8-6-13(11-22)7-9-14/h3-10,22H,2,11-12H2,1H3,(H,20,24)(H,21,23). The molecule has 0 saturated heterocycles. The molecule has 26 heavy (non-hydrogen) atoms. The molecule has 0 aliphatic heterocycles. The lowest BCUT2D eigenvalue weighted by atomic mass is 10.1. The number of rotatable bonds is 7. The van der Waals surface area contributed by atoms with Crippen molar-refractivity contribution in [3.05, 3.63) is 65.2 Å². The van der Waals surface area contributed by atoms with E-state index in [1.54, 1.807) is 36.4 Å². The molecule has 2 amide bonds. The molecular weight excluding hydrogens is 336 g/mol. The predicted molar refractivity (Wildman–Crippen MR) is 95.7 cm³/mol. The van der Waals surface area contributed by atoms with Crippen molar-refractivity contribution in [1.82, 2.24) is 5.32 Å². The van der Waals surface area contributed by atoms with Crippen molar-refractivity contribution in [3.8, 4) is 0 Å². The van der Waals surface area contributed by atoms with Crippen molar-refractivity contribution in [3.63, 3.8) is 0 Å². The number of ether oxygens (including phenoxy) is 1. The van der Waals surface area contributed by atoms with Gasteiger partial charge in [-0.2, -0.15) is 0 Å². The molecule has 0 aliphatic rings. The van der Waals surface area contributed by atoms with Gasteiger partial charge in [-0.15, -0.1) is 0 Å². The molecule has 7 heteroatoms. The third-order valence-electron chi connectivity index (χ3n) is 3.45. The molecule has 0 bridgehead atoms. The number of carbonyl (C=O) groups is 3. The summed E-state index contributed by atoms with van der Waals surface area (Å²) in [4.78, 5) is 35.6. The molecule has 0 aromatic heterocycles. The van der Waals surface area contributed by atoms with Crippen LogP contribution in [0.3, 0.4) is 0 Å². The molecule has 7 nitrogen and oxygen atoms in total. The van der Waals surface area contributed by atoms with Crippen LogP contribution in [-0.2, 0) is 16.1 Å². The van der Waals surface area contributed by atoms with Crippen LogP contribution in [0.4, 0.5) is 5.69 Å². The van der Waals surface area contributed by atoms with Crippen molar-refractivity contribution >= 4 is 23.5 Å². The topological polar surface area (TPSA) is 105 Å². The van der Waals surface area contributed by atoms with E-state index < -0.39 is 18.5 Å². The molecule has 0 spiro atoms. The summed E-state index contributed by atoms with van der Waals surface area (Å²) in [5.74, 6) is -1.39. The Kier molecular flexibility index (Phi) is 6.87. The average molecular weight is 356 g/mol. The van der Waals surface area contributed by atoms with E-state index in [1.165, 1.54) is 12.1 Å². The summed E-state index contributed by atoms with van der Waals surface area (Å²) in [6, 6.07) is 12.7. The molecule has 2 rings (SSSR count). The maximum atomic E-state index is 11.9. The summed E-state index contributed by atoms with van der Waals surface area (Å²) in [7, 11) is 0. The predicted octanol–water partition coefficient (Wildman–Crippen LogP) is 1.72. The third-order valence-corrected chi connectivity index (χ3v) is 3.45. The van der Waals surface area contributed by atoms with Crippen molar-refractivity contribution < 1.29 is 24.2 Å². The van der Waals surface area contributed by atoms with E-state index in [0.29, 0.717) is 23.4 Å². The molecule has 0 heterocycles. The van der Waals surface area contributed by atoms with Gasteiger partial charge in [0.2, 0.25) is 0 Å². The van der Waals surface area contributed by atoms with Gasteiger partial charge in [-0.1, -0.05) is 18.2 Å². The van der Waals surface area contributed by atoms with Gasteiger partial charge in [0.05, 0.1) is 12.2 Å². The zero-order valence-corrected chi connectivity index (χ0v) is 14.3. The average Bonchev–Trinajstić information content (AvgIpc) is 2.66. The van der Waals surface area contributed by atoms with Crippen LogP contribution < -0.4 is 10.6 Å². The Morgan fingerprint density at radius 1 is 1.04 bits per heavy atom. The summed E-state index contributed by atoms with van der Waals surface area (Å²) < 4.78 is 4.96. The normalized spacial score (nSPS) is 10.1. The summed E-state index contributed by atoms with van der Waals surface area (Å²) >= 11 is 0. The molecule has 136 valence electrons. The highest BCUT2D eigenvalue weighted by Gasteiger charge is 2.11. The largest absolute Gasteiger partial charge is 0.452 e. The number of esters is 1. The zero-order chi connectivity index (χ0) is 18.9. The second-order valence-corrected chi connectivity index (χ2v) is 5.42. The van der Waals surface area contributed by atoms with Crippen LogP contribution in [0.5, 0.6) is 0 Å². The summed E-state index contributed by atoms with van der Waals surface area (Å²) in [5.41, 5.74) is 1.81. The highest BCUT2D eigenvalue weighted by molar-refractivity contribution is 5.98. The van der Waals surface area contributed by atoms with Gasteiger partial charge >= 0.3 is 5.97 Å². The van der Waals surface area contributed by atoms with E-state index in [4.69, 9.17) is 9.84 Å². The monoisotopic (exact) mass is 356 g/mol. The Bertz CT molecular complexity index is 787. The van der Waals surface area contributed by atoms with Gasteiger partial charge in [0.15, 0.2) is 6.61 Å². The van der Waals surface area contributed by atoms with Crippen LogP contribution in [-0.4, -0.2) is 36.0 Å². The molecule has 2 aromatic rings. The number of nitrogens with one attached hydrogen (secondary N) is 2. The molecule has 0 aliphatic carbocycles. The fourth-order valence-electron chi connectivity index (χ4n) is 2.16. The second kappa shape index (κ2) is 9.33. The highest BCUT2D eigenvalue weighted by atomic mass is 16.5. The first kappa shape index (κ1) is 19.1. The summed E-state index contributed by atoms with van der Waals surface area (Å²) in [6.45, 7) is 1.75. The summed E-state index contributed by atoms with van der Waals surface area (Å²) in [6.07, 6.45) is 0. The molecule has 0 saturated carbocycles. The molecule has 3 N–H and O–H groups in total. The number of aliphatic hydroxyl groups is 1. The van der Waals surface area contributed by atoms with Crippen molar-refractivity contribution in [2.75, 3.05) is 18.5 Å². The summed E-state index contributed by atoms with van der Waals surface area (Å²) in [5, 5.41) is 14.2. The van der Waals surface area contributed by atoms with Crippen molar-refractivity contribution in [2.24, 2.45) is 0 Å². The van der Waals surface area contributed by atoms with Gasteiger partial charge in [0.1, 0.15) is 0 Å². The molecule has 0 radical (unpaired) electrons. The third kappa shape index (κ3) is 5.42. The fraction of sp³-hybridized carbons (Fsp3) is 0.211. The lowest BCUT2D eigenvalue weighted by Gasteiger charge is -2.08. The number of hydrogen-bond donors (Lipinski definition) is 3.